The maximum Gasteiger partial charge on any atom is 0.297 e. The Balaban J connectivity index is 1.58. The van der Waals surface area contributed by atoms with E-state index in [0.29, 0.717) is 17.2 Å². The van der Waals surface area contributed by atoms with Gasteiger partial charge in [-0.2, -0.15) is 8.42 Å². The van der Waals surface area contributed by atoms with E-state index in [1.807, 2.05) is 19.1 Å². The molecule has 0 aliphatic carbocycles. The average molecular weight is 396 g/mol. The van der Waals surface area contributed by atoms with Gasteiger partial charge < -0.3 is 9.94 Å². The summed E-state index contributed by atoms with van der Waals surface area (Å²) in [5.41, 5.74) is 2.15. The van der Waals surface area contributed by atoms with Crippen molar-refractivity contribution in [3.05, 3.63) is 64.7 Å². The zero-order valence-corrected chi connectivity index (χ0v) is 15.6. The average Bonchev–Trinajstić information content (AvgIpc) is 3.11. The molecule has 26 heavy (non-hydrogen) atoms. The third-order valence-electron chi connectivity index (χ3n) is 4.01. The number of halogens is 1. The second-order valence-electron chi connectivity index (χ2n) is 6.00. The van der Waals surface area contributed by atoms with E-state index >= 15 is 0 Å². The lowest BCUT2D eigenvalue weighted by Crippen LogP contribution is -2.27. The predicted octanol–water partition coefficient (Wildman–Crippen LogP) is 3.23. The molecule has 1 aliphatic heterocycles. The number of aryl methyl sites for hydroxylation is 1. The molecule has 0 amide bonds. The highest BCUT2D eigenvalue weighted by Gasteiger charge is 2.29. The Labute approximate surface area is 157 Å². The van der Waals surface area contributed by atoms with E-state index in [1.54, 1.807) is 24.3 Å². The number of aliphatic hydroxyl groups excluding tert-OH is 1. The number of nitrogens with zero attached hydrogens (tertiary/aromatic N) is 1. The largest absolute Gasteiger partial charge is 0.387 e. The van der Waals surface area contributed by atoms with Gasteiger partial charge in [0.15, 0.2) is 6.10 Å². The third kappa shape index (κ3) is 4.42. The van der Waals surface area contributed by atoms with E-state index in [-0.39, 0.29) is 11.0 Å². The first-order chi connectivity index (χ1) is 12.3. The minimum atomic E-state index is -3.94. The summed E-state index contributed by atoms with van der Waals surface area (Å²) in [6.07, 6.45) is -1.17. The van der Waals surface area contributed by atoms with Gasteiger partial charge in [0.2, 0.25) is 0 Å². The molecule has 0 bridgehead atoms. The Hall–Kier alpha value is -1.93. The summed E-state index contributed by atoms with van der Waals surface area (Å²) in [5.74, 6) is 0. The maximum absolute atomic E-state index is 12.2. The van der Waals surface area contributed by atoms with Gasteiger partial charge in [0.25, 0.3) is 10.1 Å². The Morgan fingerprint density at radius 1 is 1.23 bits per heavy atom. The van der Waals surface area contributed by atoms with Crippen LogP contribution in [0.3, 0.4) is 0 Å². The fourth-order valence-corrected chi connectivity index (χ4v) is 3.51. The summed E-state index contributed by atoms with van der Waals surface area (Å²) >= 11 is 5.86. The van der Waals surface area contributed by atoms with Crippen molar-refractivity contribution in [3.8, 4) is 0 Å². The predicted molar refractivity (Wildman–Crippen MR) is 97.7 cm³/mol. The van der Waals surface area contributed by atoms with Gasteiger partial charge >= 0.3 is 0 Å². The summed E-state index contributed by atoms with van der Waals surface area (Å²) in [6, 6.07) is 13.4. The molecule has 1 aliphatic rings. The first kappa shape index (κ1) is 18.8. The highest BCUT2D eigenvalue weighted by Crippen LogP contribution is 2.29. The number of hydrogen-bond acceptors (Lipinski definition) is 6. The van der Waals surface area contributed by atoms with Crippen LogP contribution < -0.4 is 0 Å². The number of hydrogen-bond donors (Lipinski definition) is 1. The SMILES string of the molecule is Cc1ccc(S(=O)(=O)OC[C@@H](O)C2=NO[C@@H](c3ccc(Cl)cc3)C2)cc1. The fraction of sp³-hybridized carbons (Fsp3) is 0.278. The molecule has 8 heteroatoms. The first-order valence-electron chi connectivity index (χ1n) is 7.97. The monoisotopic (exact) mass is 395 g/mol. The van der Waals surface area contributed by atoms with Crippen LogP contribution in [0.5, 0.6) is 0 Å². The minimum absolute atomic E-state index is 0.0407. The van der Waals surface area contributed by atoms with Crippen LogP contribution in [0.15, 0.2) is 58.6 Å². The minimum Gasteiger partial charge on any atom is -0.387 e. The molecule has 0 saturated carbocycles. The zero-order chi connectivity index (χ0) is 18.7. The molecule has 138 valence electrons. The topological polar surface area (TPSA) is 85.2 Å². The molecule has 1 N–H and O–H groups in total. The molecule has 3 rings (SSSR count). The van der Waals surface area contributed by atoms with Crippen molar-refractivity contribution in [2.45, 2.75) is 30.4 Å². The summed E-state index contributed by atoms with van der Waals surface area (Å²) in [7, 11) is -3.94. The van der Waals surface area contributed by atoms with Crippen LogP contribution in [0.2, 0.25) is 5.02 Å². The van der Waals surface area contributed by atoms with Crippen LogP contribution in [0.25, 0.3) is 0 Å². The van der Waals surface area contributed by atoms with Gasteiger partial charge in [0, 0.05) is 11.4 Å². The molecule has 6 nitrogen and oxygen atoms in total. The van der Waals surface area contributed by atoms with Gasteiger partial charge in [-0.1, -0.05) is 46.6 Å². The molecule has 0 saturated heterocycles. The van der Waals surface area contributed by atoms with Crippen molar-refractivity contribution < 1.29 is 22.5 Å². The summed E-state index contributed by atoms with van der Waals surface area (Å²) < 4.78 is 29.3. The van der Waals surface area contributed by atoms with E-state index in [1.165, 1.54) is 12.1 Å². The number of aliphatic hydroxyl groups is 1. The standard InChI is InChI=1S/C18H18ClNO5S/c1-12-2-8-15(9-3-12)26(22,23)24-11-17(21)16-10-18(25-20-16)13-4-6-14(19)7-5-13/h2-9,17-18,21H,10-11H2,1H3/t17-,18-/m1/s1. The number of benzene rings is 2. The molecule has 2 atom stereocenters. The van der Waals surface area contributed by atoms with Crippen molar-refractivity contribution in [1.82, 2.24) is 0 Å². The van der Waals surface area contributed by atoms with Crippen LogP contribution in [0.1, 0.15) is 23.7 Å². The summed E-state index contributed by atoms with van der Waals surface area (Å²) in [5, 5.41) is 14.7. The van der Waals surface area contributed by atoms with Crippen LogP contribution in [-0.2, 0) is 19.1 Å². The Morgan fingerprint density at radius 3 is 2.54 bits per heavy atom. The van der Waals surface area contributed by atoms with E-state index in [4.69, 9.17) is 20.6 Å². The maximum atomic E-state index is 12.2. The molecule has 0 unspecified atom stereocenters. The second-order valence-corrected chi connectivity index (χ2v) is 8.05. The number of oxime groups is 1. The van der Waals surface area contributed by atoms with Gasteiger partial charge in [-0.15, -0.1) is 0 Å². The molecule has 2 aromatic rings. The lowest BCUT2D eigenvalue weighted by atomic mass is 10.0. The van der Waals surface area contributed by atoms with Gasteiger partial charge in [-0.25, -0.2) is 0 Å². The Morgan fingerprint density at radius 2 is 1.88 bits per heavy atom. The van der Waals surface area contributed by atoms with Gasteiger partial charge in [-0.3, -0.25) is 4.18 Å². The number of rotatable bonds is 6. The first-order valence-corrected chi connectivity index (χ1v) is 9.76. The quantitative estimate of drug-likeness (QED) is 0.759. The molecule has 0 radical (unpaired) electrons. The summed E-state index contributed by atoms with van der Waals surface area (Å²) in [4.78, 5) is 5.36. The second kappa shape index (κ2) is 7.75. The van der Waals surface area contributed by atoms with Crippen molar-refractivity contribution in [1.29, 1.82) is 0 Å². The van der Waals surface area contributed by atoms with Crippen LogP contribution >= 0.6 is 11.6 Å². The molecule has 0 spiro atoms. The fourth-order valence-electron chi connectivity index (χ4n) is 2.47. The van der Waals surface area contributed by atoms with Crippen molar-refractivity contribution in [2.24, 2.45) is 5.16 Å². The van der Waals surface area contributed by atoms with Gasteiger partial charge in [0.05, 0.1) is 17.2 Å². The summed E-state index contributed by atoms with van der Waals surface area (Å²) in [6.45, 7) is 1.43. The lowest BCUT2D eigenvalue weighted by Gasteiger charge is -2.11. The van der Waals surface area contributed by atoms with E-state index in [2.05, 4.69) is 5.16 Å². The zero-order valence-electron chi connectivity index (χ0n) is 14.0. The van der Waals surface area contributed by atoms with Crippen LogP contribution in [0, 0.1) is 6.92 Å². The van der Waals surface area contributed by atoms with Crippen LogP contribution in [0.4, 0.5) is 0 Å². The molecular formula is C18H18ClNO5S. The third-order valence-corrected chi connectivity index (χ3v) is 5.56. The lowest BCUT2D eigenvalue weighted by molar-refractivity contribution is 0.0854. The van der Waals surface area contributed by atoms with Crippen LogP contribution in [-0.4, -0.2) is 31.9 Å². The molecular weight excluding hydrogens is 378 g/mol. The van der Waals surface area contributed by atoms with Crippen molar-refractivity contribution in [2.75, 3.05) is 6.61 Å². The molecule has 2 aromatic carbocycles. The molecule has 0 aromatic heterocycles. The smallest absolute Gasteiger partial charge is 0.297 e. The molecule has 1 heterocycles. The highest BCUT2D eigenvalue weighted by molar-refractivity contribution is 7.86. The normalized spacial score (nSPS) is 18.3. The van der Waals surface area contributed by atoms with Crippen molar-refractivity contribution >= 4 is 27.4 Å². The van der Waals surface area contributed by atoms with Gasteiger partial charge in [-0.05, 0) is 36.8 Å². The van der Waals surface area contributed by atoms with E-state index in [9.17, 15) is 13.5 Å². The van der Waals surface area contributed by atoms with E-state index < -0.39 is 22.8 Å². The Bertz CT molecular complexity index is 894. The Kier molecular flexibility index (Phi) is 5.62. The van der Waals surface area contributed by atoms with E-state index in [0.717, 1.165) is 11.1 Å². The van der Waals surface area contributed by atoms with Crippen molar-refractivity contribution in [3.63, 3.8) is 0 Å². The highest BCUT2D eigenvalue weighted by atomic mass is 35.5. The van der Waals surface area contributed by atoms with Gasteiger partial charge in [0.1, 0.15) is 6.10 Å². The molecule has 0 fully saturated rings.